The van der Waals surface area contributed by atoms with Crippen LogP contribution in [0, 0.1) is 11.2 Å². The quantitative estimate of drug-likeness (QED) is 0.270. The molecule has 2 heterocycles. The van der Waals surface area contributed by atoms with E-state index < -0.39 is 66.0 Å². The van der Waals surface area contributed by atoms with E-state index in [2.05, 4.69) is 10.6 Å². The molecule has 0 spiro atoms. The number of amides is 1. The Morgan fingerprint density at radius 2 is 1.85 bits per heavy atom. The van der Waals surface area contributed by atoms with Gasteiger partial charge in [0, 0.05) is 11.5 Å². The van der Waals surface area contributed by atoms with Gasteiger partial charge in [-0.1, -0.05) is 13.8 Å². The van der Waals surface area contributed by atoms with Gasteiger partial charge in [0.1, 0.15) is 41.8 Å². The van der Waals surface area contributed by atoms with E-state index in [1.54, 1.807) is 19.2 Å². The lowest BCUT2D eigenvalue weighted by Gasteiger charge is -2.33. The Balaban J connectivity index is 1.65. The second-order valence-electron chi connectivity index (χ2n) is 9.22. The minimum absolute atomic E-state index is 0.135. The molecule has 0 aliphatic carbocycles. The molecule has 3 rings (SSSR count). The highest BCUT2D eigenvalue weighted by molar-refractivity contribution is 5.97. The fourth-order valence-corrected chi connectivity index (χ4v) is 3.54. The fraction of sp³-hybridized carbons (Fsp3) is 0.650. The minimum Gasteiger partial charge on any atom is -0.483 e. The van der Waals surface area contributed by atoms with E-state index in [0.717, 1.165) is 6.07 Å². The number of ether oxygens (including phenoxy) is 2. The first kappa shape index (κ1) is 25.5. The number of anilines is 1. The molecule has 4 N–H and O–H groups in total. The highest BCUT2D eigenvalue weighted by Gasteiger charge is 2.59. The SMILES string of the molecule is CC(C)(C(O)NCC(F)(F)C(F)(F)F)C1OC1N[C@@H]1C(=O)Nc2cc(F)ccc2OC1(C)C. The molecular weight excluding hydrogens is 460 g/mol. The zero-order chi connectivity index (χ0) is 25.0. The molecule has 4 atom stereocenters. The summed E-state index contributed by atoms with van der Waals surface area (Å²) < 4.78 is 88.3. The monoisotopic (exact) mass is 485 g/mol. The third-order valence-electron chi connectivity index (χ3n) is 5.72. The summed E-state index contributed by atoms with van der Waals surface area (Å²) in [5, 5.41) is 17.5. The predicted octanol–water partition coefficient (Wildman–Crippen LogP) is 2.75. The molecule has 2 aliphatic rings. The number of hydrogen-bond donors (Lipinski definition) is 4. The zero-order valence-corrected chi connectivity index (χ0v) is 18.2. The number of rotatable bonds is 7. The van der Waals surface area contributed by atoms with Crippen molar-refractivity contribution >= 4 is 11.6 Å². The van der Waals surface area contributed by atoms with Crippen molar-refractivity contribution < 1.29 is 45.7 Å². The molecule has 13 heteroatoms. The van der Waals surface area contributed by atoms with Gasteiger partial charge in [-0.05, 0) is 26.0 Å². The van der Waals surface area contributed by atoms with Crippen LogP contribution in [0.25, 0.3) is 0 Å². The molecule has 1 aromatic rings. The van der Waals surface area contributed by atoms with Crippen molar-refractivity contribution in [3.05, 3.63) is 24.0 Å². The number of carbonyl (C=O) groups is 1. The number of aliphatic hydroxyl groups is 1. The summed E-state index contributed by atoms with van der Waals surface area (Å²) in [6, 6.07) is 2.63. The zero-order valence-electron chi connectivity index (χ0n) is 18.2. The van der Waals surface area contributed by atoms with Crippen molar-refractivity contribution in [2.45, 2.75) is 70.0 Å². The lowest BCUT2D eigenvalue weighted by atomic mass is 9.86. The summed E-state index contributed by atoms with van der Waals surface area (Å²) in [5.41, 5.74) is -2.31. The van der Waals surface area contributed by atoms with Crippen LogP contribution in [-0.2, 0) is 9.53 Å². The minimum atomic E-state index is -5.76. The predicted molar refractivity (Wildman–Crippen MR) is 104 cm³/mol. The molecule has 2 aliphatic heterocycles. The van der Waals surface area contributed by atoms with Crippen LogP contribution in [0.1, 0.15) is 27.7 Å². The van der Waals surface area contributed by atoms with Gasteiger partial charge in [-0.25, -0.2) is 4.39 Å². The number of aliphatic hydroxyl groups excluding tert-OH is 1. The molecule has 3 unspecified atom stereocenters. The van der Waals surface area contributed by atoms with Crippen molar-refractivity contribution in [3.8, 4) is 5.75 Å². The van der Waals surface area contributed by atoms with E-state index in [1.165, 1.54) is 26.0 Å². The maximum Gasteiger partial charge on any atom is 0.454 e. The highest BCUT2D eigenvalue weighted by atomic mass is 19.4. The molecule has 7 nitrogen and oxygen atoms in total. The highest BCUT2D eigenvalue weighted by Crippen LogP contribution is 2.42. The number of carbonyl (C=O) groups excluding carboxylic acids is 1. The summed E-state index contributed by atoms with van der Waals surface area (Å²) in [6.45, 7) is 4.24. The van der Waals surface area contributed by atoms with Crippen LogP contribution in [0.5, 0.6) is 5.75 Å². The Hall–Kier alpha value is -2.09. The third kappa shape index (κ3) is 5.20. The fourth-order valence-electron chi connectivity index (χ4n) is 3.54. The van der Waals surface area contributed by atoms with E-state index in [4.69, 9.17) is 9.47 Å². The van der Waals surface area contributed by atoms with Gasteiger partial charge < -0.3 is 19.9 Å². The Morgan fingerprint density at radius 3 is 2.45 bits per heavy atom. The molecule has 0 saturated carbocycles. The van der Waals surface area contributed by atoms with Crippen LogP contribution in [0.2, 0.25) is 0 Å². The van der Waals surface area contributed by atoms with Crippen LogP contribution < -0.4 is 20.7 Å². The van der Waals surface area contributed by atoms with Gasteiger partial charge in [-0.3, -0.25) is 15.4 Å². The van der Waals surface area contributed by atoms with Crippen LogP contribution >= 0.6 is 0 Å². The Labute approximate surface area is 185 Å². The number of nitrogens with one attached hydrogen (secondary N) is 3. The van der Waals surface area contributed by atoms with Crippen LogP contribution in [0.15, 0.2) is 18.2 Å². The average molecular weight is 485 g/mol. The first-order valence-corrected chi connectivity index (χ1v) is 10.0. The maximum atomic E-state index is 13.5. The lowest BCUT2D eigenvalue weighted by Crippen LogP contribution is -2.58. The lowest BCUT2D eigenvalue weighted by molar-refractivity contribution is -0.281. The third-order valence-corrected chi connectivity index (χ3v) is 5.72. The number of hydrogen-bond acceptors (Lipinski definition) is 6. The molecule has 1 aromatic carbocycles. The number of benzene rings is 1. The summed E-state index contributed by atoms with van der Waals surface area (Å²) in [4.78, 5) is 12.8. The Kier molecular flexibility index (Phi) is 6.41. The summed E-state index contributed by atoms with van der Waals surface area (Å²) in [7, 11) is 0. The molecule has 0 aromatic heterocycles. The first-order valence-electron chi connectivity index (χ1n) is 10.0. The first-order chi connectivity index (χ1) is 15.0. The van der Waals surface area contributed by atoms with Gasteiger partial charge in [0.25, 0.3) is 0 Å². The second-order valence-corrected chi connectivity index (χ2v) is 9.22. The molecule has 0 bridgehead atoms. The van der Waals surface area contributed by atoms with E-state index in [0.29, 0.717) is 0 Å². The number of epoxide rings is 1. The molecule has 186 valence electrons. The maximum absolute atomic E-state index is 13.5. The Morgan fingerprint density at radius 1 is 1.21 bits per heavy atom. The number of fused-ring (bicyclic) bond motifs is 1. The largest absolute Gasteiger partial charge is 0.483 e. The van der Waals surface area contributed by atoms with Crippen molar-refractivity contribution in [3.63, 3.8) is 0 Å². The van der Waals surface area contributed by atoms with Crippen molar-refractivity contribution in [1.29, 1.82) is 0 Å². The average Bonchev–Trinajstić information content (AvgIpc) is 3.45. The molecule has 1 fully saturated rings. The normalized spacial score (nSPS) is 26.0. The summed E-state index contributed by atoms with van der Waals surface area (Å²) in [6.07, 6.45) is -9.20. The van der Waals surface area contributed by atoms with Crippen molar-refractivity contribution in [1.82, 2.24) is 10.6 Å². The summed E-state index contributed by atoms with van der Waals surface area (Å²) >= 11 is 0. The van der Waals surface area contributed by atoms with Gasteiger partial charge in [0.05, 0.1) is 12.2 Å². The number of alkyl halides is 5. The number of halogens is 6. The van der Waals surface area contributed by atoms with Crippen LogP contribution in [0.4, 0.5) is 32.0 Å². The van der Waals surface area contributed by atoms with E-state index in [9.17, 15) is 36.2 Å². The Bertz CT molecular complexity index is 908. The molecule has 1 amide bonds. The van der Waals surface area contributed by atoms with Gasteiger partial charge in [-0.2, -0.15) is 22.0 Å². The molecular formula is C20H25F6N3O4. The van der Waals surface area contributed by atoms with Crippen LogP contribution in [-0.4, -0.2) is 59.9 Å². The van der Waals surface area contributed by atoms with Crippen molar-refractivity contribution in [2.75, 3.05) is 11.9 Å². The summed E-state index contributed by atoms with van der Waals surface area (Å²) in [5.74, 6) is -5.91. The topological polar surface area (TPSA) is 95.2 Å². The van der Waals surface area contributed by atoms with Gasteiger partial charge in [0.2, 0.25) is 5.91 Å². The standard InChI is InChI=1S/C20H25F6N3O4/c1-17(2,16(31)27-8-19(22,23)20(24,25)26)13-15(32-13)29-12-14(30)28-10-7-9(21)5-6-11(10)33-18(12,3)4/h5-7,12-13,15-16,27,29,31H,8H2,1-4H3,(H,28,30)/t12-,13?,15?,16?/m1/s1. The van der Waals surface area contributed by atoms with Gasteiger partial charge in [0.15, 0.2) is 0 Å². The van der Waals surface area contributed by atoms with Gasteiger partial charge >= 0.3 is 12.1 Å². The second kappa shape index (κ2) is 8.29. The van der Waals surface area contributed by atoms with Crippen molar-refractivity contribution in [2.24, 2.45) is 5.41 Å². The van der Waals surface area contributed by atoms with Crippen LogP contribution in [0.3, 0.4) is 0 Å². The smallest absolute Gasteiger partial charge is 0.454 e. The van der Waals surface area contributed by atoms with E-state index in [1.807, 2.05) is 0 Å². The van der Waals surface area contributed by atoms with Gasteiger partial charge in [-0.15, -0.1) is 0 Å². The van der Waals surface area contributed by atoms with E-state index in [-0.39, 0.29) is 11.4 Å². The molecule has 33 heavy (non-hydrogen) atoms. The molecule has 1 saturated heterocycles. The van der Waals surface area contributed by atoms with E-state index >= 15 is 0 Å². The molecule has 0 radical (unpaired) electrons.